The first kappa shape index (κ1) is 21.2. The lowest BCUT2D eigenvalue weighted by molar-refractivity contribution is -0.201. The summed E-state index contributed by atoms with van der Waals surface area (Å²) in [6, 6.07) is -0.820. The zero-order valence-electron chi connectivity index (χ0n) is 16.8. The van der Waals surface area contributed by atoms with Crippen LogP contribution in [0, 0.1) is 34.5 Å². The molecular formula is C22H27F3O3S. The highest BCUT2D eigenvalue weighted by Gasteiger charge is 2.73. The van der Waals surface area contributed by atoms with Crippen molar-refractivity contribution in [2.75, 3.05) is 6.01 Å². The second-order valence-electron chi connectivity index (χ2n) is 9.71. The van der Waals surface area contributed by atoms with Crippen molar-refractivity contribution in [3.05, 3.63) is 23.8 Å². The molecule has 0 bridgehead atoms. The third kappa shape index (κ3) is 2.62. The fourth-order valence-electron chi connectivity index (χ4n) is 7.22. The molecule has 0 aromatic rings. The van der Waals surface area contributed by atoms with Gasteiger partial charge in [0.1, 0.15) is 12.2 Å². The van der Waals surface area contributed by atoms with Crippen LogP contribution < -0.4 is 0 Å². The molecular weight excluding hydrogens is 401 g/mol. The molecule has 3 saturated carbocycles. The number of aliphatic hydroxyl groups excluding tert-OH is 1. The predicted molar refractivity (Wildman–Crippen MR) is 105 cm³/mol. The maximum absolute atomic E-state index is 16.9. The van der Waals surface area contributed by atoms with E-state index in [4.69, 9.17) is 0 Å². The Hall–Kier alpha value is -1.08. The molecule has 0 aliphatic heterocycles. The molecule has 29 heavy (non-hydrogen) atoms. The Labute approximate surface area is 173 Å². The number of allylic oxidation sites excluding steroid dienone is 4. The molecule has 3 nitrogen and oxygen atoms in total. The zero-order chi connectivity index (χ0) is 21.4. The third-order valence-electron chi connectivity index (χ3n) is 8.42. The van der Waals surface area contributed by atoms with Gasteiger partial charge in [-0.1, -0.05) is 31.7 Å². The lowest BCUT2D eigenvalue weighted by Crippen LogP contribution is -2.68. The Morgan fingerprint density at radius 3 is 2.66 bits per heavy atom. The van der Waals surface area contributed by atoms with Crippen molar-refractivity contribution >= 4 is 22.7 Å². The van der Waals surface area contributed by atoms with E-state index in [0.29, 0.717) is 18.2 Å². The topological polar surface area (TPSA) is 54.4 Å². The highest BCUT2D eigenvalue weighted by molar-refractivity contribution is 8.13. The minimum Gasteiger partial charge on any atom is -0.390 e. The number of carbonyl (C=O) groups is 2. The van der Waals surface area contributed by atoms with Gasteiger partial charge in [0.2, 0.25) is 0 Å². The molecule has 0 aromatic carbocycles. The summed E-state index contributed by atoms with van der Waals surface area (Å²) in [5.41, 5.74) is -4.17. The van der Waals surface area contributed by atoms with Crippen molar-refractivity contribution in [3.63, 3.8) is 0 Å². The Morgan fingerprint density at radius 1 is 1.31 bits per heavy atom. The molecule has 4 aliphatic carbocycles. The first-order valence-corrected chi connectivity index (χ1v) is 11.2. The Kier molecular flexibility index (Phi) is 4.90. The van der Waals surface area contributed by atoms with E-state index in [-0.39, 0.29) is 41.1 Å². The van der Waals surface area contributed by atoms with Crippen LogP contribution in [0.25, 0.3) is 0 Å². The predicted octanol–water partition coefficient (Wildman–Crippen LogP) is 4.35. The van der Waals surface area contributed by atoms with Crippen LogP contribution in [0.15, 0.2) is 23.8 Å². The van der Waals surface area contributed by atoms with E-state index in [1.165, 1.54) is 18.2 Å². The summed E-state index contributed by atoms with van der Waals surface area (Å²) in [7, 11) is 0. The molecule has 4 aliphatic rings. The number of halogens is 3. The van der Waals surface area contributed by atoms with Crippen molar-refractivity contribution in [3.8, 4) is 0 Å². The van der Waals surface area contributed by atoms with Crippen molar-refractivity contribution in [2.24, 2.45) is 34.5 Å². The van der Waals surface area contributed by atoms with Crippen molar-refractivity contribution in [2.45, 2.75) is 58.0 Å². The van der Waals surface area contributed by atoms with Crippen LogP contribution >= 0.6 is 11.8 Å². The van der Waals surface area contributed by atoms with Crippen LogP contribution in [0.5, 0.6) is 0 Å². The smallest absolute Gasteiger partial charge is 0.195 e. The van der Waals surface area contributed by atoms with Crippen LogP contribution in [0.1, 0.15) is 40.0 Å². The van der Waals surface area contributed by atoms with Gasteiger partial charge in [0.05, 0.1) is 6.10 Å². The monoisotopic (exact) mass is 428 g/mol. The molecule has 0 aromatic heterocycles. The number of thioether (sulfide) groups is 1. The quantitative estimate of drug-likeness (QED) is 0.710. The fourth-order valence-corrected chi connectivity index (χ4v) is 8.01. The molecule has 0 spiro atoms. The van der Waals surface area contributed by atoms with Crippen LogP contribution in [0.4, 0.5) is 13.2 Å². The lowest BCUT2D eigenvalue weighted by Gasteiger charge is -2.62. The summed E-state index contributed by atoms with van der Waals surface area (Å²) in [4.78, 5) is 24.5. The van der Waals surface area contributed by atoms with Gasteiger partial charge in [0.15, 0.2) is 16.6 Å². The van der Waals surface area contributed by atoms with Gasteiger partial charge in [0.25, 0.3) is 0 Å². The maximum atomic E-state index is 16.9. The molecule has 6 unspecified atom stereocenters. The molecule has 0 saturated heterocycles. The van der Waals surface area contributed by atoms with E-state index >= 15 is 8.78 Å². The summed E-state index contributed by atoms with van der Waals surface area (Å²) in [5.74, 6) is -2.07. The third-order valence-corrected chi connectivity index (χ3v) is 9.07. The number of alkyl halides is 3. The summed E-state index contributed by atoms with van der Waals surface area (Å²) >= 11 is 0.622. The summed E-state index contributed by atoms with van der Waals surface area (Å²) in [5, 5.41) is 10.8. The number of fused-ring (bicyclic) bond motifs is 5. The largest absolute Gasteiger partial charge is 0.390 e. The highest BCUT2D eigenvalue weighted by Crippen LogP contribution is 2.70. The van der Waals surface area contributed by atoms with Crippen LogP contribution in [0.3, 0.4) is 0 Å². The number of carbonyl (C=O) groups excluding carboxylic acids is 2. The standard InChI is InChI=1S/C22H27F3O3S/c1-11-6-13-14-8-16(24)15-7-12(26)4-5-21(15,3)22(14,25)17(27)9-20(13,2)18(11)19(28)29-10-23/h4-5,7,11,13-14,16-18,27H,6,8-10H2,1-3H3/t11-,13?,14?,16+,17?,18?,20?,21?,22+/m1/s1. The molecule has 7 heteroatoms. The van der Waals surface area contributed by atoms with Crippen LogP contribution in [-0.4, -0.2) is 40.0 Å². The fraction of sp³-hybridized carbons (Fsp3) is 0.727. The van der Waals surface area contributed by atoms with Gasteiger partial charge in [-0.2, -0.15) is 0 Å². The van der Waals surface area contributed by atoms with Gasteiger partial charge in [-0.15, -0.1) is 0 Å². The van der Waals surface area contributed by atoms with Crippen LogP contribution in [0.2, 0.25) is 0 Å². The minimum absolute atomic E-state index is 0.0554. The first-order valence-electron chi connectivity index (χ1n) is 10.2. The second-order valence-corrected chi connectivity index (χ2v) is 10.6. The van der Waals surface area contributed by atoms with E-state index in [1.54, 1.807) is 6.92 Å². The van der Waals surface area contributed by atoms with E-state index in [9.17, 15) is 19.1 Å². The summed E-state index contributed by atoms with van der Waals surface area (Å²) in [6.07, 6.45) is 1.40. The molecule has 0 radical (unpaired) electrons. The Morgan fingerprint density at radius 2 is 2.00 bits per heavy atom. The molecule has 160 valence electrons. The average Bonchev–Trinajstić information content (AvgIpc) is 2.90. The summed E-state index contributed by atoms with van der Waals surface area (Å²) in [6.45, 7) is 5.33. The Balaban J connectivity index is 1.80. The molecule has 3 fully saturated rings. The average molecular weight is 429 g/mol. The highest BCUT2D eigenvalue weighted by atomic mass is 32.2. The number of hydrogen-bond donors (Lipinski definition) is 1. The van der Waals surface area contributed by atoms with Gasteiger partial charge in [-0.25, -0.2) is 13.2 Å². The molecule has 0 amide bonds. The first-order chi connectivity index (χ1) is 13.5. The number of rotatable bonds is 2. The van der Waals surface area contributed by atoms with E-state index in [1.807, 2.05) is 13.8 Å². The molecule has 9 atom stereocenters. The summed E-state index contributed by atoms with van der Waals surface area (Å²) < 4.78 is 45.0. The maximum Gasteiger partial charge on any atom is 0.195 e. The van der Waals surface area contributed by atoms with E-state index in [2.05, 4.69) is 0 Å². The minimum atomic E-state index is -2.13. The van der Waals surface area contributed by atoms with Crippen LogP contribution in [-0.2, 0) is 9.59 Å². The lowest BCUT2D eigenvalue weighted by atomic mass is 9.45. The van der Waals surface area contributed by atoms with Gasteiger partial charge in [-0.3, -0.25) is 9.59 Å². The molecule has 0 heterocycles. The van der Waals surface area contributed by atoms with Crippen molar-refractivity contribution in [1.29, 1.82) is 0 Å². The normalized spacial score (nSPS) is 51.1. The van der Waals surface area contributed by atoms with Gasteiger partial charge >= 0.3 is 0 Å². The molecule has 4 rings (SSSR count). The van der Waals surface area contributed by atoms with Crippen molar-refractivity contribution in [1.82, 2.24) is 0 Å². The molecule has 1 N–H and O–H groups in total. The number of aliphatic hydroxyl groups is 1. The van der Waals surface area contributed by atoms with E-state index < -0.39 is 46.6 Å². The SMILES string of the molecule is C[C@@H]1CC2C3C[C@H](F)C4=CC(=O)C=CC4(C)[C@@]3(F)C(O)CC2(C)C1C(=O)SCF. The van der Waals surface area contributed by atoms with Crippen molar-refractivity contribution < 1.29 is 27.9 Å². The van der Waals surface area contributed by atoms with Gasteiger partial charge < -0.3 is 5.11 Å². The van der Waals surface area contributed by atoms with E-state index in [0.717, 1.165) is 0 Å². The van der Waals surface area contributed by atoms with Gasteiger partial charge in [-0.05, 0) is 61.2 Å². The second kappa shape index (κ2) is 6.71. The Bertz CT molecular complexity index is 813. The number of hydrogen-bond acceptors (Lipinski definition) is 4. The zero-order valence-corrected chi connectivity index (χ0v) is 17.6. The van der Waals surface area contributed by atoms with Gasteiger partial charge in [0, 0.05) is 17.3 Å². The number of ketones is 1.